The molecular weight excluding hydrogens is 329 g/mol. The Labute approximate surface area is 142 Å². The third kappa shape index (κ3) is 3.55. The lowest BCUT2D eigenvalue weighted by molar-refractivity contribution is 0.102. The number of amides is 1. The molecule has 0 aliphatic rings. The van der Waals surface area contributed by atoms with Gasteiger partial charge >= 0.3 is 0 Å². The summed E-state index contributed by atoms with van der Waals surface area (Å²) >= 11 is 0. The van der Waals surface area contributed by atoms with Gasteiger partial charge in [-0.1, -0.05) is 0 Å². The molecule has 3 aromatic rings. The number of aromatic nitrogens is 4. The van der Waals surface area contributed by atoms with Gasteiger partial charge in [0.25, 0.3) is 5.91 Å². The van der Waals surface area contributed by atoms with Gasteiger partial charge in [-0.3, -0.25) is 4.79 Å². The van der Waals surface area contributed by atoms with Crippen LogP contribution in [0.1, 0.15) is 10.4 Å². The van der Waals surface area contributed by atoms with E-state index in [1.807, 2.05) is 0 Å². The first kappa shape index (κ1) is 16.4. The molecule has 0 aliphatic carbocycles. The van der Waals surface area contributed by atoms with Gasteiger partial charge in [-0.25, -0.2) is 4.39 Å². The highest BCUT2D eigenvalue weighted by molar-refractivity contribution is 6.06. The highest BCUT2D eigenvalue weighted by Crippen LogP contribution is 2.26. The van der Waals surface area contributed by atoms with Crippen LogP contribution in [-0.4, -0.2) is 40.3 Å². The first-order valence-electron chi connectivity index (χ1n) is 7.18. The van der Waals surface area contributed by atoms with Crippen LogP contribution in [0, 0.1) is 5.82 Å². The molecule has 1 N–H and O–H groups in total. The minimum Gasteiger partial charge on any atom is -0.497 e. The van der Waals surface area contributed by atoms with Gasteiger partial charge in [-0.05, 0) is 22.6 Å². The Balaban J connectivity index is 1.95. The van der Waals surface area contributed by atoms with Crippen molar-refractivity contribution in [3.8, 4) is 17.2 Å². The van der Waals surface area contributed by atoms with E-state index in [4.69, 9.17) is 9.47 Å². The predicted octanol–water partition coefficient (Wildman–Crippen LogP) is 2.07. The zero-order chi connectivity index (χ0) is 17.8. The van der Waals surface area contributed by atoms with E-state index in [-0.39, 0.29) is 11.3 Å². The van der Waals surface area contributed by atoms with Crippen molar-refractivity contribution in [1.29, 1.82) is 0 Å². The molecule has 2 aromatic carbocycles. The molecule has 0 fully saturated rings. The van der Waals surface area contributed by atoms with Crippen molar-refractivity contribution >= 4 is 11.6 Å². The number of tetrazole rings is 1. The predicted molar refractivity (Wildman–Crippen MR) is 86.6 cm³/mol. The fourth-order valence-electron chi connectivity index (χ4n) is 2.24. The molecule has 0 saturated heterocycles. The maximum atomic E-state index is 13.6. The van der Waals surface area contributed by atoms with Crippen molar-refractivity contribution in [2.75, 3.05) is 19.5 Å². The molecule has 0 bridgehead atoms. The van der Waals surface area contributed by atoms with E-state index in [9.17, 15) is 9.18 Å². The standard InChI is InChI=1S/C16H14FN5O3/c1-24-12-6-11(7-13(8-12)25-2)19-16(23)14-4-3-10(17)5-15(14)22-9-18-20-21-22/h3-9H,1-2H3,(H,19,23). The zero-order valence-electron chi connectivity index (χ0n) is 13.4. The zero-order valence-corrected chi connectivity index (χ0v) is 13.4. The quantitative estimate of drug-likeness (QED) is 0.763. The van der Waals surface area contributed by atoms with E-state index in [0.29, 0.717) is 17.2 Å². The monoisotopic (exact) mass is 343 g/mol. The minimum atomic E-state index is -0.509. The number of ether oxygens (including phenoxy) is 2. The normalized spacial score (nSPS) is 10.4. The van der Waals surface area contributed by atoms with Gasteiger partial charge in [-0.2, -0.15) is 4.68 Å². The molecule has 0 saturated carbocycles. The average molecular weight is 343 g/mol. The van der Waals surface area contributed by atoms with Gasteiger partial charge < -0.3 is 14.8 Å². The number of carbonyl (C=O) groups excluding carboxylic acids is 1. The largest absolute Gasteiger partial charge is 0.497 e. The average Bonchev–Trinajstić information content (AvgIpc) is 3.15. The molecule has 8 nitrogen and oxygen atoms in total. The van der Waals surface area contributed by atoms with Crippen LogP contribution in [0.4, 0.5) is 10.1 Å². The Kier molecular flexibility index (Phi) is 4.55. The molecule has 128 valence electrons. The van der Waals surface area contributed by atoms with Crippen LogP contribution in [-0.2, 0) is 0 Å². The van der Waals surface area contributed by atoms with Gasteiger partial charge in [-0.15, -0.1) is 5.10 Å². The summed E-state index contributed by atoms with van der Waals surface area (Å²) < 4.78 is 25.1. The molecule has 1 amide bonds. The summed E-state index contributed by atoms with van der Waals surface area (Å²) in [5.74, 6) is 0.0785. The van der Waals surface area contributed by atoms with Crippen molar-refractivity contribution in [2.45, 2.75) is 0 Å². The number of halogens is 1. The van der Waals surface area contributed by atoms with Crippen LogP contribution in [0.15, 0.2) is 42.7 Å². The summed E-state index contributed by atoms with van der Waals surface area (Å²) in [5, 5.41) is 13.4. The second kappa shape index (κ2) is 6.95. The van der Waals surface area contributed by atoms with E-state index in [0.717, 1.165) is 0 Å². The molecule has 0 unspecified atom stereocenters. The van der Waals surface area contributed by atoms with Crippen molar-refractivity contribution < 1.29 is 18.7 Å². The molecule has 9 heteroatoms. The number of anilines is 1. The van der Waals surface area contributed by atoms with Crippen molar-refractivity contribution in [2.24, 2.45) is 0 Å². The topological polar surface area (TPSA) is 91.2 Å². The Morgan fingerprint density at radius 2 is 1.84 bits per heavy atom. The summed E-state index contributed by atoms with van der Waals surface area (Å²) in [6.07, 6.45) is 1.28. The van der Waals surface area contributed by atoms with E-state index < -0.39 is 11.7 Å². The summed E-state index contributed by atoms with van der Waals surface area (Å²) in [5.41, 5.74) is 0.890. The van der Waals surface area contributed by atoms with Crippen LogP contribution in [0.25, 0.3) is 5.69 Å². The Morgan fingerprint density at radius 1 is 1.12 bits per heavy atom. The maximum absolute atomic E-state index is 13.6. The highest BCUT2D eigenvalue weighted by atomic mass is 19.1. The van der Waals surface area contributed by atoms with Gasteiger partial charge in [0.1, 0.15) is 23.6 Å². The number of methoxy groups -OCH3 is 2. The summed E-state index contributed by atoms with van der Waals surface area (Å²) in [6.45, 7) is 0. The number of hydrogen-bond acceptors (Lipinski definition) is 6. The Hall–Kier alpha value is -3.49. The van der Waals surface area contributed by atoms with Gasteiger partial charge in [0, 0.05) is 30.0 Å². The second-order valence-electron chi connectivity index (χ2n) is 4.97. The number of benzene rings is 2. The van der Waals surface area contributed by atoms with Crippen LogP contribution >= 0.6 is 0 Å². The lowest BCUT2D eigenvalue weighted by Crippen LogP contribution is -2.16. The Morgan fingerprint density at radius 3 is 2.44 bits per heavy atom. The SMILES string of the molecule is COc1cc(NC(=O)c2ccc(F)cc2-n2cnnn2)cc(OC)c1. The highest BCUT2D eigenvalue weighted by Gasteiger charge is 2.16. The van der Waals surface area contributed by atoms with Crippen LogP contribution in [0.3, 0.4) is 0 Å². The van der Waals surface area contributed by atoms with Gasteiger partial charge in [0.2, 0.25) is 0 Å². The van der Waals surface area contributed by atoms with E-state index >= 15 is 0 Å². The smallest absolute Gasteiger partial charge is 0.257 e. The number of rotatable bonds is 5. The third-order valence-corrected chi connectivity index (χ3v) is 3.41. The van der Waals surface area contributed by atoms with Crippen LogP contribution < -0.4 is 14.8 Å². The number of hydrogen-bond donors (Lipinski definition) is 1. The Bertz CT molecular complexity index is 877. The molecule has 0 atom stereocenters. The van der Waals surface area contributed by atoms with E-state index in [2.05, 4.69) is 20.8 Å². The molecule has 25 heavy (non-hydrogen) atoms. The molecule has 3 rings (SSSR count). The molecule has 1 aromatic heterocycles. The van der Waals surface area contributed by atoms with Crippen molar-refractivity contribution in [1.82, 2.24) is 20.2 Å². The molecule has 0 radical (unpaired) electrons. The van der Waals surface area contributed by atoms with E-state index in [1.165, 1.54) is 43.4 Å². The maximum Gasteiger partial charge on any atom is 0.257 e. The molecule has 0 aliphatic heterocycles. The third-order valence-electron chi connectivity index (χ3n) is 3.41. The fraction of sp³-hybridized carbons (Fsp3) is 0.125. The fourth-order valence-corrected chi connectivity index (χ4v) is 2.24. The lowest BCUT2D eigenvalue weighted by Gasteiger charge is -2.12. The molecular formula is C16H14FN5O3. The first-order valence-corrected chi connectivity index (χ1v) is 7.18. The second-order valence-corrected chi connectivity index (χ2v) is 4.97. The van der Waals surface area contributed by atoms with Crippen LogP contribution in [0.5, 0.6) is 11.5 Å². The van der Waals surface area contributed by atoms with Crippen molar-refractivity contribution in [3.63, 3.8) is 0 Å². The lowest BCUT2D eigenvalue weighted by atomic mass is 10.1. The summed E-state index contributed by atoms with van der Waals surface area (Å²) in [4.78, 5) is 12.6. The minimum absolute atomic E-state index is 0.204. The number of nitrogens with one attached hydrogen (secondary N) is 1. The van der Waals surface area contributed by atoms with E-state index in [1.54, 1.807) is 18.2 Å². The molecule has 1 heterocycles. The van der Waals surface area contributed by atoms with Gasteiger partial charge in [0.15, 0.2) is 0 Å². The number of nitrogens with zero attached hydrogens (tertiary/aromatic N) is 4. The van der Waals surface area contributed by atoms with Gasteiger partial charge in [0.05, 0.1) is 25.5 Å². The first-order chi connectivity index (χ1) is 12.1. The van der Waals surface area contributed by atoms with Crippen LogP contribution in [0.2, 0.25) is 0 Å². The summed E-state index contributed by atoms with van der Waals surface area (Å²) in [6, 6.07) is 8.69. The van der Waals surface area contributed by atoms with Crippen molar-refractivity contribution in [3.05, 3.63) is 54.1 Å². The number of carbonyl (C=O) groups is 1. The summed E-state index contributed by atoms with van der Waals surface area (Å²) in [7, 11) is 3.02. The molecule has 0 spiro atoms.